The summed E-state index contributed by atoms with van der Waals surface area (Å²) in [5, 5.41) is 3.10. The van der Waals surface area contributed by atoms with Crippen LogP contribution in [-0.4, -0.2) is 29.1 Å². The highest BCUT2D eigenvalue weighted by molar-refractivity contribution is 7.80. The second-order valence-electron chi connectivity index (χ2n) is 6.40. The van der Waals surface area contributed by atoms with E-state index in [2.05, 4.69) is 5.32 Å². The average Bonchev–Trinajstić information content (AvgIpc) is 2.31. The number of thiocarbonyl (C=S) groups is 1. The van der Waals surface area contributed by atoms with Crippen LogP contribution in [-0.2, 0) is 9.53 Å². The summed E-state index contributed by atoms with van der Waals surface area (Å²) in [6.07, 6.45) is 7.76. The number of ether oxygens (including phenoxy) is 1. The Morgan fingerprint density at radius 2 is 1.75 bits per heavy atom. The standard InChI is InChI=1S/C15H28N2O2S/c1-14(2,19-3)11-12(18)17-15(13(16)20)9-7-5-4-6-8-10-15/h4-11H2,1-3H3,(H2,16,20)(H,17,18). The molecule has 1 fully saturated rings. The monoisotopic (exact) mass is 300 g/mol. The van der Waals surface area contributed by atoms with Gasteiger partial charge in [0.15, 0.2) is 0 Å². The molecule has 0 atom stereocenters. The van der Waals surface area contributed by atoms with Crippen molar-refractivity contribution in [3.63, 3.8) is 0 Å². The number of carbonyl (C=O) groups excluding carboxylic acids is 1. The first kappa shape index (κ1) is 17.4. The van der Waals surface area contributed by atoms with Crippen LogP contribution in [0.5, 0.6) is 0 Å². The third kappa shape index (κ3) is 5.02. The van der Waals surface area contributed by atoms with Crippen molar-refractivity contribution >= 4 is 23.1 Å². The fourth-order valence-corrected chi connectivity index (χ4v) is 2.97. The Hall–Kier alpha value is -0.680. The van der Waals surface area contributed by atoms with Gasteiger partial charge in [-0.3, -0.25) is 4.79 Å². The molecule has 0 spiro atoms. The molecule has 1 saturated carbocycles. The van der Waals surface area contributed by atoms with E-state index in [1.807, 2.05) is 13.8 Å². The highest BCUT2D eigenvalue weighted by atomic mass is 32.1. The van der Waals surface area contributed by atoms with Crippen LogP contribution in [0.25, 0.3) is 0 Å². The van der Waals surface area contributed by atoms with Crippen molar-refractivity contribution in [1.82, 2.24) is 5.32 Å². The largest absolute Gasteiger partial charge is 0.391 e. The molecule has 3 N–H and O–H groups in total. The molecule has 1 amide bonds. The van der Waals surface area contributed by atoms with Gasteiger partial charge in [0, 0.05) is 7.11 Å². The van der Waals surface area contributed by atoms with Gasteiger partial charge in [-0.1, -0.05) is 44.3 Å². The number of rotatable bonds is 5. The summed E-state index contributed by atoms with van der Waals surface area (Å²) in [6, 6.07) is 0. The molecule has 0 bridgehead atoms. The minimum Gasteiger partial charge on any atom is -0.391 e. The second-order valence-corrected chi connectivity index (χ2v) is 6.84. The van der Waals surface area contributed by atoms with Gasteiger partial charge in [-0.15, -0.1) is 0 Å². The Morgan fingerprint density at radius 3 is 2.20 bits per heavy atom. The van der Waals surface area contributed by atoms with Gasteiger partial charge >= 0.3 is 0 Å². The van der Waals surface area contributed by atoms with Crippen LogP contribution < -0.4 is 11.1 Å². The third-order valence-corrected chi connectivity index (χ3v) is 4.59. The molecule has 0 aliphatic heterocycles. The molecule has 20 heavy (non-hydrogen) atoms. The first-order valence-electron chi connectivity index (χ1n) is 7.47. The Morgan fingerprint density at radius 1 is 1.25 bits per heavy atom. The fourth-order valence-electron chi connectivity index (χ4n) is 2.71. The van der Waals surface area contributed by atoms with E-state index in [0.29, 0.717) is 11.4 Å². The fraction of sp³-hybridized carbons (Fsp3) is 0.867. The molecule has 4 nitrogen and oxygen atoms in total. The average molecular weight is 300 g/mol. The summed E-state index contributed by atoms with van der Waals surface area (Å²) >= 11 is 5.25. The summed E-state index contributed by atoms with van der Waals surface area (Å²) in [7, 11) is 1.62. The lowest BCUT2D eigenvalue weighted by Gasteiger charge is -2.36. The Balaban J connectivity index is 2.74. The number of hydrogen-bond acceptors (Lipinski definition) is 3. The zero-order valence-corrected chi connectivity index (χ0v) is 13.8. The van der Waals surface area contributed by atoms with E-state index in [4.69, 9.17) is 22.7 Å². The molecule has 116 valence electrons. The number of hydrogen-bond donors (Lipinski definition) is 2. The predicted molar refractivity (Wildman–Crippen MR) is 85.7 cm³/mol. The number of nitrogens with one attached hydrogen (secondary N) is 1. The molecular weight excluding hydrogens is 272 g/mol. The van der Waals surface area contributed by atoms with Crippen molar-refractivity contribution in [2.45, 2.75) is 76.4 Å². The van der Waals surface area contributed by atoms with Crippen LogP contribution in [0.1, 0.15) is 65.2 Å². The van der Waals surface area contributed by atoms with Gasteiger partial charge in [0.25, 0.3) is 0 Å². The first-order valence-corrected chi connectivity index (χ1v) is 7.88. The van der Waals surface area contributed by atoms with Crippen LogP contribution in [0.15, 0.2) is 0 Å². The summed E-state index contributed by atoms with van der Waals surface area (Å²) < 4.78 is 5.31. The van der Waals surface area contributed by atoms with Gasteiger partial charge in [0.1, 0.15) is 0 Å². The van der Waals surface area contributed by atoms with Gasteiger partial charge in [-0.05, 0) is 26.7 Å². The topological polar surface area (TPSA) is 64.3 Å². The van der Waals surface area contributed by atoms with Gasteiger partial charge in [0.05, 0.1) is 22.5 Å². The number of methoxy groups -OCH3 is 1. The SMILES string of the molecule is COC(C)(C)CC(=O)NC1(C(N)=S)CCCCCCC1. The van der Waals surface area contributed by atoms with Crippen molar-refractivity contribution in [2.24, 2.45) is 5.73 Å². The molecule has 0 aromatic heterocycles. The van der Waals surface area contributed by atoms with Crippen molar-refractivity contribution in [3.8, 4) is 0 Å². The number of carbonyl (C=O) groups is 1. The zero-order valence-electron chi connectivity index (χ0n) is 13.0. The molecule has 1 aliphatic rings. The molecule has 0 aromatic carbocycles. The normalized spacial score (nSPS) is 19.8. The summed E-state index contributed by atoms with van der Waals surface area (Å²) in [5.41, 5.74) is 4.98. The molecule has 1 aliphatic carbocycles. The molecule has 0 radical (unpaired) electrons. The van der Waals surface area contributed by atoms with Crippen molar-refractivity contribution < 1.29 is 9.53 Å². The van der Waals surface area contributed by atoms with E-state index in [1.54, 1.807) is 7.11 Å². The number of amides is 1. The van der Waals surface area contributed by atoms with Gasteiger partial charge in [-0.25, -0.2) is 0 Å². The maximum Gasteiger partial charge on any atom is 0.223 e. The van der Waals surface area contributed by atoms with E-state index in [-0.39, 0.29) is 5.91 Å². The van der Waals surface area contributed by atoms with Crippen molar-refractivity contribution in [1.29, 1.82) is 0 Å². The Bertz CT molecular complexity index is 348. The quantitative estimate of drug-likeness (QED) is 0.766. The molecule has 1 rings (SSSR count). The Kier molecular flexibility index (Phi) is 6.40. The smallest absolute Gasteiger partial charge is 0.223 e. The van der Waals surface area contributed by atoms with Crippen LogP contribution in [0, 0.1) is 0 Å². The van der Waals surface area contributed by atoms with Crippen LogP contribution in [0.4, 0.5) is 0 Å². The third-order valence-electron chi connectivity index (χ3n) is 4.20. The van der Waals surface area contributed by atoms with Gasteiger partial charge in [0.2, 0.25) is 5.91 Å². The molecule has 0 aromatic rings. The summed E-state index contributed by atoms with van der Waals surface area (Å²) in [5.74, 6) is -0.0368. The molecule has 0 saturated heterocycles. The van der Waals surface area contributed by atoms with E-state index in [1.165, 1.54) is 19.3 Å². The first-order chi connectivity index (χ1) is 9.31. The minimum atomic E-state index is -0.503. The molecule has 5 heteroatoms. The van der Waals surface area contributed by atoms with E-state index in [0.717, 1.165) is 25.7 Å². The van der Waals surface area contributed by atoms with E-state index in [9.17, 15) is 4.79 Å². The lowest BCUT2D eigenvalue weighted by molar-refractivity contribution is -0.127. The maximum atomic E-state index is 12.3. The zero-order chi connectivity index (χ0) is 15.2. The van der Waals surface area contributed by atoms with Crippen molar-refractivity contribution in [3.05, 3.63) is 0 Å². The van der Waals surface area contributed by atoms with Crippen molar-refractivity contribution in [2.75, 3.05) is 7.11 Å². The lowest BCUT2D eigenvalue weighted by atomic mass is 9.83. The summed E-state index contributed by atoms with van der Waals surface area (Å²) in [6.45, 7) is 3.80. The highest BCUT2D eigenvalue weighted by Crippen LogP contribution is 2.27. The highest BCUT2D eigenvalue weighted by Gasteiger charge is 2.36. The molecule has 0 unspecified atom stereocenters. The van der Waals surface area contributed by atoms with E-state index >= 15 is 0 Å². The molecule has 0 heterocycles. The summed E-state index contributed by atoms with van der Waals surface area (Å²) in [4.78, 5) is 12.7. The van der Waals surface area contributed by atoms with Crippen LogP contribution >= 0.6 is 12.2 Å². The van der Waals surface area contributed by atoms with Gasteiger partial charge in [-0.2, -0.15) is 0 Å². The lowest BCUT2D eigenvalue weighted by Crippen LogP contribution is -2.57. The second kappa shape index (κ2) is 7.36. The van der Waals surface area contributed by atoms with Gasteiger partial charge < -0.3 is 15.8 Å². The number of nitrogens with two attached hydrogens (primary N) is 1. The van der Waals surface area contributed by atoms with Crippen LogP contribution in [0.2, 0.25) is 0 Å². The minimum absolute atomic E-state index is 0.0368. The maximum absolute atomic E-state index is 12.3. The van der Waals surface area contributed by atoms with E-state index < -0.39 is 11.1 Å². The molecular formula is C15H28N2O2S. The Labute approximate surface area is 127 Å². The van der Waals surface area contributed by atoms with Crippen LogP contribution in [0.3, 0.4) is 0 Å². The predicted octanol–water partition coefficient (Wildman–Crippen LogP) is 2.69.